The summed E-state index contributed by atoms with van der Waals surface area (Å²) >= 11 is 0. The summed E-state index contributed by atoms with van der Waals surface area (Å²) in [6, 6.07) is 14.2. The molecule has 0 atom stereocenters. The number of anilines is 1. The minimum Gasteiger partial charge on any atom is -0.493 e. The van der Waals surface area contributed by atoms with Gasteiger partial charge in [-0.15, -0.1) is 0 Å². The van der Waals surface area contributed by atoms with Crippen LogP contribution in [0.25, 0.3) is 0 Å². The molecule has 0 heterocycles. The highest BCUT2D eigenvalue weighted by Gasteiger charge is 2.00. The second-order valence-corrected chi connectivity index (χ2v) is 4.61. The Balaban J connectivity index is 1.92. The first-order chi connectivity index (χ1) is 8.65. The summed E-state index contributed by atoms with van der Waals surface area (Å²) in [4.78, 5) is 0. The smallest absolute Gasteiger partial charge is 0.122 e. The molecule has 0 aromatic heterocycles. The molecule has 2 nitrogen and oxygen atoms in total. The highest BCUT2D eigenvalue weighted by molar-refractivity contribution is 5.39. The highest BCUT2D eigenvalue weighted by Crippen LogP contribution is 2.19. The number of hydrogen-bond donors (Lipinski definition) is 1. The maximum atomic E-state index is 5.82. The van der Waals surface area contributed by atoms with E-state index in [1.54, 1.807) is 0 Å². The van der Waals surface area contributed by atoms with Gasteiger partial charge in [-0.2, -0.15) is 0 Å². The van der Waals surface area contributed by atoms with E-state index in [9.17, 15) is 0 Å². The van der Waals surface area contributed by atoms with E-state index in [4.69, 9.17) is 10.5 Å². The molecule has 2 rings (SSSR count). The van der Waals surface area contributed by atoms with Gasteiger partial charge in [-0.3, -0.25) is 0 Å². The first-order valence-electron chi connectivity index (χ1n) is 6.19. The second kappa shape index (κ2) is 5.58. The summed E-state index contributed by atoms with van der Waals surface area (Å²) in [6.45, 7) is 4.83. The Kier molecular flexibility index (Phi) is 3.88. The summed E-state index contributed by atoms with van der Waals surface area (Å²) < 4.78 is 5.82. The Hall–Kier alpha value is -1.96. The van der Waals surface area contributed by atoms with Crippen molar-refractivity contribution in [1.82, 2.24) is 0 Å². The molecule has 0 fully saturated rings. The van der Waals surface area contributed by atoms with Crippen LogP contribution in [-0.2, 0) is 6.42 Å². The number of benzene rings is 2. The van der Waals surface area contributed by atoms with Crippen LogP contribution in [0.4, 0.5) is 5.69 Å². The summed E-state index contributed by atoms with van der Waals surface area (Å²) in [5.41, 5.74) is 10.1. The molecule has 0 amide bonds. The van der Waals surface area contributed by atoms with Gasteiger partial charge in [0.25, 0.3) is 0 Å². The Morgan fingerprint density at radius 2 is 1.72 bits per heavy atom. The van der Waals surface area contributed by atoms with E-state index in [1.807, 2.05) is 24.3 Å². The zero-order valence-electron chi connectivity index (χ0n) is 10.9. The number of ether oxygens (including phenoxy) is 1. The maximum absolute atomic E-state index is 5.82. The molecule has 0 aliphatic carbocycles. The summed E-state index contributed by atoms with van der Waals surface area (Å²) in [5.74, 6) is 0.977. The lowest BCUT2D eigenvalue weighted by Crippen LogP contribution is -2.02. The highest BCUT2D eigenvalue weighted by atomic mass is 16.5. The average Bonchev–Trinajstić information content (AvgIpc) is 2.36. The van der Waals surface area contributed by atoms with Crippen LogP contribution >= 0.6 is 0 Å². The Morgan fingerprint density at radius 3 is 2.44 bits per heavy atom. The van der Waals surface area contributed by atoms with Gasteiger partial charge in [0.2, 0.25) is 0 Å². The number of hydrogen-bond acceptors (Lipinski definition) is 2. The number of nitrogen functional groups attached to an aromatic ring is 1. The topological polar surface area (TPSA) is 35.2 Å². The van der Waals surface area contributed by atoms with E-state index in [1.165, 1.54) is 16.7 Å². The molecule has 0 aliphatic rings. The monoisotopic (exact) mass is 241 g/mol. The van der Waals surface area contributed by atoms with Crippen LogP contribution in [0.5, 0.6) is 5.75 Å². The average molecular weight is 241 g/mol. The van der Waals surface area contributed by atoms with Crippen molar-refractivity contribution in [3.63, 3.8) is 0 Å². The fourth-order valence-corrected chi connectivity index (χ4v) is 1.83. The van der Waals surface area contributed by atoms with Crippen molar-refractivity contribution in [2.24, 2.45) is 0 Å². The Morgan fingerprint density at radius 1 is 1.00 bits per heavy atom. The van der Waals surface area contributed by atoms with Crippen LogP contribution in [-0.4, -0.2) is 6.61 Å². The van der Waals surface area contributed by atoms with E-state index >= 15 is 0 Å². The van der Waals surface area contributed by atoms with Gasteiger partial charge in [-0.1, -0.05) is 24.3 Å². The summed E-state index contributed by atoms with van der Waals surface area (Å²) in [5, 5.41) is 0. The molecule has 0 saturated heterocycles. The third kappa shape index (κ3) is 3.27. The number of rotatable bonds is 4. The molecule has 2 heteroatoms. The Bertz CT molecular complexity index is 517. The fraction of sp³-hybridized carbons (Fsp3) is 0.250. The molecule has 94 valence electrons. The van der Waals surface area contributed by atoms with Crippen LogP contribution < -0.4 is 10.5 Å². The fourth-order valence-electron chi connectivity index (χ4n) is 1.83. The SMILES string of the molecule is Cc1ccc(C)c(OCCc2ccc(N)cc2)c1. The van der Waals surface area contributed by atoms with Crippen LogP contribution in [0.3, 0.4) is 0 Å². The lowest BCUT2D eigenvalue weighted by atomic mass is 10.1. The quantitative estimate of drug-likeness (QED) is 0.831. The first kappa shape index (κ1) is 12.5. The van der Waals surface area contributed by atoms with Gasteiger partial charge in [0.15, 0.2) is 0 Å². The molecule has 2 aromatic rings. The van der Waals surface area contributed by atoms with Crippen molar-refractivity contribution in [3.05, 3.63) is 59.2 Å². The molecular weight excluding hydrogens is 222 g/mol. The van der Waals surface area contributed by atoms with E-state index < -0.39 is 0 Å². The maximum Gasteiger partial charge on any atom is 0.122 e. The molecule has 0 spiro atoms. The third-order valence-electron chi connectivity index (χ3n) is 2.97. The van der Waals surface area contributed by atoms with Crippen molar-refractivity contribution < 1.29 is 4.74 Å². The van der Waals surface area contributed by atoms with Crippen LogP contribution in [0, 0.1) is 13.8 Å². The largest absolute Gasteiger partial charge is 0.493 e. The van der Waals surface area contributed by atoms with Crippen LogP contribution in [0.2, 0.25) is 0 Å². The van der Waals surface area contributed by atoms with Crippen molar-refractivity contribution in [2.75, 3.05) is 12.3 Å². The molecule has 0 unspecified atom stereocenters. The van der Waals surface area contributed by atoms with Crippen molar-refractivity contribution in [1.29, 1.82) is 0 Å². The minimum absolute atomic E-state index is 0.689. The van der Waals surface area contributed by atoms with Crippen molar-refractivity contribution in [2.45, 2.75) is 20.3 Å². The second-order valence-electron chi connectivity index (χ2n) is 4.61. The third-order valence-corrected chi connectivity index (χ3v) is 2.97. The Labute approximate surface area is 108 Å². The van der Waals surface area contributed by atoms with Gasteiger partial charge >= 0.3 is 0 Å². The van der Waals surface area contributed by atoms with Crippen molar-refractivity contribution >= 4 is 5.69 Å². The van der Waals surface area contributed by atoms with E-state index in [0.717, 1.165) is 17.9 Å². The summed E-state index contributed by atoms with van der Waals surface area (Å²) in [7, 11) is 0. The lowest BCUT2D eigenvalue weighted by molar-refractivity contribution is 0.319. The van der Waals surface area contributed by atoms with Crippen LogP contribution in [0.1, 0.15) is 16.7 Å². The van der Waals surface area contributed by atoms with Gasteiger partial charge in [0.1, 0.15) is 5.75 Å². The normalized spacial score (nSPS) is 10.3. The first-order valence-corrected chi connectivity index (χ1v) is 6.19. The zero-order chi connectivity index (χ0) is 13.0. The van der Waals surface area contributed by atoms with Gasteiger partial charge < -0.3 is 10.5 Å². The molecule has 2 N–H and O–H groups in total. The lowest BCUT2D eigenvalue weighted by Gasteiger charge is -2.10. The molecule has 0 bridgehead atoms. The molecule has 0 saturated carbocycles. The van der Waals surface area contributed by atoms with Gasteiger partial charge in [0, 0.05) is 12.1 Å². The number of nitrogens with two attached hydrogens (primary N) is 1. The minimum atomic E-state index is 0.689. The van der Waals surface area contributed by atoms with E-state index in [2.05, 4.69) is 32.0 Å². The zero-order valence-corrected chi connectivity index (χ0v) is 10.9. The molecule has 2 aromatic carbocycles. The molecule has 0 radical (unpaired) electrons. The number of aryl methyl sites for hydroxylation is 2. The molecular formula is C16H19NO. The summed E-state index contributed by atoms with van der Waals surface area (Å²) in [6.07, 6.45) is 0.896. The van der Waals surface area contributed by atoms with E-state index in [0.29, 0.717) is 6.61 Å². The van der Waals surface area contributed by atoms with Gasteiger partial charge in [-0.25, -0.2) is 0 Å². The van der Waals surface area contributed by atoms with Gasteiger partial charge in [0.05, 0.1) is 6.61 Å². The predicted molar refractivity (Wildman–Crippen MR) is 76.0 cm³/mol. The van der Waals surface area contributed by atoms with Gasteiger partial charge in [-0.05, 0) is 48.7 Å². The van der Waals surface area contributed by atoms with E-state index in [-0.39, 0.29) is 0 Å². The predicted octanol–water partition coefficient (Wildman–Crippen LogP) is 3.51. The van der Waals surface area contributed by atoms with Crippen molar-refractivity contribution in [3.8, 4) is 5.75 Å². The molecule has 0 aliphatic heterocycles. The van der Waals surface area contributed by atoms with Crippen LogP contribution in [0.15, 0.2) is 42.5 Å². The standard InChI is InChI=1S/C16H19NO/c1-12-3-4-13(2)16(11-12)18-10-9-14-5-7-15(17)8-6-14/h3-8,11H,9-10,17H2,1-2H3. The molecule has 18 heavy (non-hydrogen) atoms.